The number of halogens is 1. The normalized spacial score (nSPS) is 10.4. The lowest BCUT2D eigenvalue weighted by atomic mass is 10.2. The van der Waals surface area contributed by atoms with Gasteiger partial charge in [0.15, 0.2) is 0 Å². The molecule has 0 atom stereocenters. The van der Waals surface area contributed by atoms with Gasteiger partial charge in [0, 0.05) is 18.3 Å². The van der Waals surface area contributed by atoms with E-state index in [9.17, 15) is 4.39 Å². The highest BCUT2D eigenvalue weighted by molar-refractivity contribution is 5.37. The van der Waals surface area contributed by atoms with Crippen LogP contribution in [0.2, 0.25) is 0 Å². The van der Waals surface area contributed by atoms with Crippen molar-refractivity contribution >= 4 is 5.95 Å². The Bertz CT molecular complexity index is 602. The average molecular weight is 275 g/mol. The van der Waals surface area contributed by atoms with Crippen molar-refractivity contribution in [1.82, 2.24) is 9.97 Å². The molecule has 106 valence electrons. The summed E-state index contributed by atoms with van der Waals surface area (Å²) in [6.45, 7) is 6.44. The number of hydrogen-bond acceptors (Lipinski definition) is 4. The first-order valence-electron chi connectivity index (χ1n) is 6.61. The third kappa shape index (κ3) is 3.44. The molecule has 5 heteroatoms. The average Bonchev–Trinajstić information content (AvgIpc) is 2.44. The van der Waals surface area contributed by atoms with Gasteiger partial charge in [0.25, 0.3) is 0 Å². The van der Waals surface area contributed by atoms with Crippen LogP contribution in [-0.2, 0) is 0 Å². The van der Waals surface area contributed by atoms with Crippen LogP contribution in [0.4, 0.5) is 10.3 Å². The van der Waals surface area contributed by atoms with Gasteiger partial charge >= 0.3 is 0 Å². The summed E-state index contributed by atoms with van der Waals surface area (Å²) in [7, 11) is 0. The van der Waals surface area contributed by atoms with Crippen LogP contribution in [0.5, 0.6) is 11.6 Å². The SMILES string of the molecule is CCCNc1ncc(C)c(Oc2ccc(F)c(C)c2)n1. The molecule has 1 heterocycles. The van der Waals surface area contributed by atoms with Gasteiger partial charge in [-0.3, -0.25) is 0 Å². The molecule has 1 N–H and O–H groups in total. The molecule has 2 rings (SSSR count). The van der Waals surface area contributed by atoms with E-state index in [1.807, 2.05) is 6.92 Å². The van der Waals surface area contributed by atoms with Crippen molar-refractivity contribution < 1.29 is 9.13 Å². The van der Waals surface area contributed by atoms with E-state index in [4.69, 9.17) is 4.74 Å². The summed E-state index contributed by atoms with van der Waals surface area (Å²) in [5.74, 6) is 1.32. The Hall–Kier alpha value is -2.17. The second-order valence-corrected chi connectivity index (χ2v) is 4.62. The molecular formula is C15H18FN3O. The number of benzene rings is 1. The first-order chi connectivity index (χ1) is 9.60. The Morgan fingerprint density at radius 1 is 1.25 bits per heavy atom. The van der Waals surface area contributed by atoms with Crippen molar-refractivity contribution in [2.45, 2.75) is 27.2 Å². The molecule has 0 saturated heterocycles. The van der Waals surface area contributed by atoms with E-state index in [0.717, 1.165) is 18.5 Å². The van der Waals surface area contributed by atoms with Gasteiger partial charge in [0.05, 0.1) is 0 Å². The van der Waals surface area contributed by atoms with Crippen molar-refractivity contribution in [3.63, 3.8) is 0 Å². The number of nitrogens with one attached hydrogen (secondary N) is 1. The highest BCUT2D eigenvalue weighted by Gasteiger charge is 2.07. The molecule has 0 spiro atoms. The van der Waals surface area contributed by atoms with E-state index < -0.39 is 0 Å². The van der Waals surface area contributed by atoms with Gasteiger partial charge in [0.1, 0.15) is 11.6 Å². The number of aromatic nitrogens is 2. The van der Waals surface area contributed by atoms with Gasteiger partial charge in [-0.1, -0.05) is 6.92 Å². The first kappa shape index (κ1) is 14.2. The highest BCUT2D eigenvalue weighted by Crippen LogP contribution is 2.25. The lowest BCUT2D eigenvalue weighted by Crippen LogP contribution is -2.05. The van der Waals surface area contributed by atoms with Crippen molar-refractivity contribution in [3.05, 3.63) is 41.3 Å². The fraction of sp³-hybridized carbons (Fsp3) is 0.333. The van der Waals surface area contributed by atoms with Crippen molar-refractivity contribution in [2.75, 3.05) is 11.9 Å². The Labute approximate surface area is 118 Å². The molecule has 0 radical (unpaired) electrons. The topological polar surface area (TPSA) is 47.0 Å². The number of hydrogen-bond donors (Lipinski definition) is 1. The molecule has 1 aromatic heterocycles. The first-order valence-corrected chi connectivity index (χ1v) is 6.61. The van der Waals surface area contributed by atoms with Gasteiger partial charge in [-0.2, -0.15) is 4.98 Å². The zero-order valence-electron chi connectivity index (χ0n) is 11.9. The van der Waals surface area contributed by atoms with Crippen LogP contribution in [0.25, 0.3) is 0 Å². The molecule has 0 amide bonds. The Morgan fingerprint density at radius 3 is 2.75 bits per heavy atom. The van der Waals surface area contributed by atoms with Crippen LogP contribution in [0.3, 0.4) is 0 Å². The minimum absolute atomic E-state index is 0.248. The molecule has 0 unspecified atom stereocenters. The van der Waals surface area contributed by atoms with Gasteiger partial charge < -0.3 is 10.1 Å². The predicted octanol–water partition coefficient (Wildman–Crippen LogP) is 3.85. The van der Waals surface area contributed by atoms with Crippen molar-refractivity contribution in [2.24, 2.45) is 0 Å². The van der Waals surface area contributed by atoms with E-state index >= 15 is 0 Å². The minimum atomic E-state index is -0.248. The quantitative estimate of drug-likeness (QED) is 0.900. The summed E-state index contributed by atoms with van der Waals surface area (Å²) in [6, 6.07) is 4.62. The molecule has 0 aliphatic rings. The third-order valence-electron chi connectivity index (χ3n) is 2.80. The fourth-order valence-corrected chi connectivity index (χ4v) is 1.64. The van der Waals surface area contributed by atoms with Gasteiger partial charge in [0.2, 0.25) is 11.8 Å². The van der Waals surface area contributed by atoms with E-state index in [-0.39, 0.29) is 5.82 Å². The largest absolute Gasteiger partial charge is 0.439 e. The van der Waals surface area contributed by atoms with Crippen molar-refractivity contribution in [1.29, 1.82) is 0 Å². The Balaban J connectivity index is 2.20. The zero-order chi connectivity index (χ0) is 14.5. The number of anilines is 1. The molecule has 0 bridgehead atoms. The van der Waals surface area contributed by atoms with Crippen LogP contribution in [0.1, 0.15) is 24.5 Å². The maximum Gasteiger partial charge on any atom is 0.226 e. The molecule has 4 nitrogen and oxygen atoms in total. The molecule has 2 aromatic rings. The molecule has 0 aliphatic carbocycles. The molecule has 1 aromatic carbocycles. The van der Waals surface area contributed by atoms with Crippen LogP contribution in [0, 0.1) is 19.7 Å². The van der Waals surface area contributed by atoms with Crippen LogP contribution >= 0.6 is 0 Å². The summed E-state index contributed by atoms with van der Waals surface area (Å²) in [5.41, 5.74) is 1.37. The van der Waals surface area contributed by atoms with E-state index in [1.165, 1.54) is 6.07 Å². The predicted molar refractivity (Wildman–Crippen MR) is 76.8 cm³/mol. The van der Waals surface area contributed by atoms with E-state index in [2.05, 4.69) is 22.2 Å². The number of aryl methyl sites for hydroxylation is 2. The molecule has 0 aliphatic heterocycles. The summed E-state index contributed by atoms with van der Waals surface area (Å²) in [5, 5.41) is 3.11. The number of rotatable bonds is 5. The number of nitrogens with zero attached hydrogens (tertiary/aromatic N) is 2. The van der Waals surface area contributed by atoms with E-state index in [1.54, 1.807) is 25.3 Å². The highest BCUT2D eigenvalue weighted by atomic mass is 19.1. The Morgan fingerprint density at radius 2 is 2.05 bits per heavy atom. The summed E-state index contributed by atoms with van der Waals surface area (Å²) < 4.78 is 18.9. The monoisotopic (exact) mass is 275 g/mol. The zero-order valence-corrected chi connectivity index (χ0v) is 11.9. The molecule has 0 fully saturated rings. The van der Waals surface area contributed by atoms with Gasteiger partial charge in [-0.25, -0.2) is 9.37 Å². The van der Waals surface area contributed by atoms with Gasteiger partial charge in [-0.05, 0) is 44.0 Å². The number of ether oxygens (including phenoxy) is 1. The smallest absolute Gasteiger partial charge is 0.226 e. The lowest BCUT2D eigenvalue weighted by Gasteiger charge is -2.10. The van der Waals surface area contributed by atoms with Crippen LogP contribution in [0.15, 0.2) is 24.4 Å². The van der Waals surface area contributed by atoms with E-state index in [0.29, 0.717) is 23.1 Å². The van der Waals surface area contributed by atoms with Crippen LogP contribution < -0.4 is 10.1 Å². The molecular weight excluding hydrogens is 257 g/mol. The summed E-state index contributed by atoms with van der Waals surface area (Å²) in [6.07, 6.45) is 2.70. The Kier molecular flexibility index (Phi) is 4.50. The maximum atomic E-state index is 13.2. The van der Waals surface area contributed by atoms with Crippen molar-refractivity contribution in [3.8, 4) is 11.6 Å². The summed E-state index contributed by atoms with van der Waals surface area (Å²) >= 11 is 0. The second-order valence-electron chi connectivity index (χ2n) is 4.62. The lowest BCUT2D eigenvalue weighted by molar-refractivity contribution is 0.456. The standard InChI is InChI=1S/C15H18FN3O/c1-4-7-17-15-18-9-11(3)14(19-15)20-12-5-6-13(16)10(2)8-12/h5-6,8-9H,4,7H2,1-3H3,(H,17,18,19). The molecule has 0 saturated carbocycles. The third-order valence-corrected chi connectivity index (χ3v) is 2.80. The van der Waals surface area contributed by atoms with Crippen LogP contribution in [-0.4, -0.2) is 16.5 Å². The fourth-order valence-electron chi connectivity index (χ4n) is 1.64. The second kappa shape index (κ2) is 6.32. The molecule has 20 heavy (non-hydrogen) atoms. The summed E-state index contributed by atoms with van der Waals surface area (Å²) in [4.78, 5) is 8.51. The minimum Gasteiger partial charge on any atom is -0.439 e. The maximum absolute atomic E-state index is 13.2. The van der Waals surface area contributed by atoms with Gasteiger partial charge in [-0.15, -0.1) is 0 Å².